The van der Waals surface area contributed by atoms with Crippen molar-refractivity contribution >= 4 is 16.4 Å². The lowest BCUT2D eigenvalue weighted by Crippen LogP contribution is -2.11. The van der Waals surface area contributed by atoms with E-state index in [1.54, 1.807) is 0 Å². The molecule has 0 heterocycles. The maximum Gasteiger partial charge on any atom is 0.448 e. The van der Waals surface area contributed by atoms with Crippen LogP contribution in [-0.4, -0.2) is 18.9 Å². The summed E-state index contributed by atoms with van der Waals surface area (Å²) in [5.74, 6) is -0.887. The normalized spacial score (nSPS) is 11.5. The number of hydrogen-bond acceptors (Lipinski definition) is 4. The Morgan fingerprint density at radius 1 is 0.895 bits per heavy atom. The lowest BCUT2D eigenvalue weighted by atomic mass is 10.1. The van der Waals surface area contributed by atoms with Crippen molar-refractivity contribution in [1.82, 2.24) is 0 Å². The summed E-state index contributed by atoms with van der Waals surface area (Å²) >= 11 is 0. The van der Waals surface area contributed by atoms with E-state index in [-0.39, 0.29) is 6.42 Å². The fourth-order valence-corrected chi connectivity index (χ4v) is 2.23. The number of unbranched alkanes of at least 4 members (excludes halogenated alkanes) is 9. The van der Waals surface area contributed by atoms with Crippen LogP contribution in [0.25, 0.3) is 0 Å². The maximum atomic E-state index is 10.9. The molecule has 0 radical (unpaired) electrons. The average Bonchev–Trinajstić information content (AvgIpc) is 2.29. The highest BCUT2D eigenvalue weighted by molar-refractivity contribution is 7.81. The van der Waals surface area contributed by atoms with Crippen LogP contribution < -0.4 is 0 Å². The molecule has 0 aromatic carbocycles. The highest BCUT2D eigenvalue weighted by Gasteiger charge is 2.12. The summed E-state index contributed by atoms with van der Waals surface area (Å²) in [6.07, 6.45) is 11.4. The fourth-order valence-electron chi connectivity index (χ4n) is 1.92. The van der Waals surface area contributed by atoms with Crippen molar-refractivity contribution < 1.29 is 21.9 Å². The van der Waals surface area contributed by atoms with Crippen LogP contribution >= 0.6 is 0 Å². The van der Waals surface area contributed by atoms with Gasteiger partial charge in [0.2, 0.25) is 0 Å². The molecule has 0 amide bonds. The van der Waals surface area contributed by atoms with Crippen molar-refractivity contribution in [1.29, 1.82) is 0 Å². The number of rotatable bonds is 12. The Bertz CT molecular complexity index is 324. The second kappa shape index (κ2) is 11.2. The summed E-state index contributed by atoms with van der Waals surface area (Å²) in [5.41, 5.74) is 0. The Balaban J connectivity index is 3.25. The minimum absolute atomic E-state index is 0.0380. The first-order chi connectivity index (χ1) is 8.95. The predicted octanol–water partition coefficient (Wildman–Crippen LogP) is 3.64. The molecule has 0 unspecified atom stereocenters. The van der Waals surface area contributed by atoms with Gasteiger partial charge >= 0.3 is 16.4 Å². The third-order valence-electron chi connectivity index (χ3n) is 2.93. The quantitative estimate of drug-likeness (QED) is 0.439. The van der Waals surface area contributed by atoms with E-state index in [0.29, 0.717) is 6.42 Å². The van der Waals surface area contributed by atoms with Gasteiger partial charge in [-0.05, 0) is 6.42 Å². The van der Waals surface area contributed by atoms with Crippen LogP contribution in [0.2, 0.25) is 0 Å². The Hall–Kier alpha value is -0.620. The van der Waals surface area contributed by atoms with E-state index in [2.05, 4.69) is 11.1 Å². The Morgan fingerprint density at radius 3 is 1.74 bits per heavy atom. The molecule has 0 aliphatic rings. The van der Waals surface area contributed by atoms with Crippen LogP contribution in [-0.2, 0) is 19.4 Å². The van der Waals surface area contributed by atoms with Crippen molar-refractivity contribution in [2.45, 2.75) is 77.6 Å². The zero-order valence-corrected chi connectivity index (χ0v) is 12.6. The molecule has 0 saturated carbocycles. The van der Waals surface area contributed by atoms with Gasteiger partial charge in [0.25, 0.3) is 0 Å². The highest BCUT2D eigenvalue weighted by atomic mass is 32.3. The Labute approximate surface area is 116 Å². The van der Waals surface area contributed by atoms with Gasteiger partial charge in [-0.3, -0.25) is 9.35 Å². The second-order valence-electron chi connectivity index (χ2n) is 4.82. The van der Waals surface area contributed by atoms with Gasteiger partial charge in [0.1, 0.15) is 0 Å². The van der Waals surface area contributed by atoms with Gasteiger partial charge in [-0.2, -0.15) is 8.42 Å². The largest absolute Gasteiger partial charge is 0.448 e. The van der Waals surface area contributed by atoms with Crippen LogP contribution in [0.15, 0.2) is 0 Å². The molecule has 0 fully saturated rings. The zero-order chi connectivity index (χ0) is 14.6. The predicted molar refractivity (Wildman–Crippen MR) is 74.1 cm³/mol. The van der Waals surface area contributed by atoms with Crippen molar-refractivity contribution in [2.75, 3.05) is 0 Å². The Morgan fingerprint density at radius 2 is 1.32 bits per heavy atom. The second-order valence-corrected chi connectivity index (χ2v) is 5.84. The van der Waals surface area contributed by atoms with E-state index in [1.807, 2.05) is 0 Å². The van der Waals surface area contributed by atoms with Crippen LogP contribution in [0.4, 0.5) is 0 Å². The third-order valence-corrected chi connectivity index (χ3v) is 3.33. The molecule has 114 valence electrons. The smallest absolute Gasteiger partial charge is 0.325 e. The molecule has 0 rings (SSSR count). The van der Waals surface area contributed by atoms with Gasteiger partial charge in [0.15, 0.2) is 0 Å². The summed E-state index contributed by atoms with van der Waals surface area (Å²) in [4.78, 5) is 10.9. The average molecular weight is 294 g/mol. The first kappa shape index (κ1) is 18.4. The molecule has 0 aliphatic heterocycles. The summed E-state index contributed by atoms with van der Waals surface area (Å²) in [6, 6.07) is 0. The van der Waals surface area contributed by atoms with E-state index in [0.717, 1.165) is 19.3 Å². The Kier molecular flexibility index (Phi) is 10.9. The zero-order valence-electron chi connectivity index (χ0n) is 11.8. The van der Waals surface area contributed by atoms with E-state index in [4.69, 9.17) is 4.55 Å². The molecular formula is C13H26O5S. The van der Waals surface area contributed by atoms with E-state index in [9.17, 15) is 13.2 Å². The lowest BCUT2D eigenvalue weighted by molar-refractivity contribution is -0.134. The monoisotopic (exact) mass is 294 g/mol. The molecule has 19 heavy (non-hydrogen) atoms. The first-order valence-electron chi connectivity index (χ1n) is 7.15. The molecule has 0 atom stereocenters. The summed E-state index contributed by atoms with van der Waals surface area (Å²) < 4.78 is 32.6. The summed E-state index contributed by atoms with van der Waals surface area (Å²) in [7, 11) is -4.64. The van der Waals surface area contributed by atoms with Crippen LogP contribution in [0, 0.1) is 0 Å². The van der Waals surface area contributed by atoms with E-state index in [1.165, 1.54) is 38.5 Å². The standard InChI is InChI=1S/C13H26O5S/c1-2-3-4-5-6-7-8-9-10-11-12-13(14)18-19(15,16)17/h2-12H2,1H3,(H,15,16,17). The van der Waals surface area contributed by atoms with Gasteiger partial charge in [0.05, 0.1) is 0 Å². The number of carbonyl (C=O) groups excluding carboxylic acids is 1. The SMILES string of the molecule is CCCCCCCCCCCCC(=O)OS(=O)(=O)O. The highest BCUT2D eigenvalue weighted by Crippen LogP contribution is 2.11. The fraction of sp³-hybridized carbons (Fsp3) is 0.923. The van der Waals surface area contributed by atoms with E-state index < -0.39 is 16.4 Å². The maximum absolute atomic E-state index is 10.9. The van der Waals surface area contributed by atoms with Gasteiger partial charge in [0, 0.05) is 6.42 Å². The van der Waals surface area contributed by atoms with Crippen LogP contribution in [0.5, 0.6) is 0 Å². The minimum atomic E-state index is -4.64. The third kappa shape index (κ3) is 15.3. The topological polar surface area (TPSA) is 80.7 Å². The molecule has 0 spiro atoms. The lowest BCUT2D eigenvalue weighted by Gasteiger charge is -2.02. The molecule has 0 saturated heterocycles. The minimum Gasteiger partial charge on any atom is -0.325 e. The van der Waals surface area contributed by atoms with Gasteiger partial charge in [-0.1, -0.05) is 64.7 Å². The van der Waals surface area contributed by atoms with Crippen molar-refractivity contribution in [3.63, 3.8) is 0 Å². The van der Waals surface area contributed by atoms with Gasteiger partial charge in [-0.15, -0.1) is 0 Å². The number of carbonyl (C=O) groups is 1. The van der Waals surface area contributed by atoms with E-state index >= 15 is 0 Å². The van der Waals surface area contributed by atoms with Crippen molar-refractivity contribution in [3.05, 3.63) is 0 Å². The van der Waals surface area contributed by atoms with Crippen molar-refractivity contribution in [3.8, 4) is 0 Å². The first-order valence-corrected chi connectivity index (χ1v) is 8.52. The van der Waals surface area contributed by atoms with Crippen LogP contribution in [0.3, 0.4) is 0 Å². The summed E-state index contributed by atoms with van der Waals surface area (Å²) in [5, 5.41) is 0. The molecule has 6 heteroatoms. The molecule has 0 aliphatic carbocycles. The molecule has 0 bridgehead atoms. The van der Waals surface area contributed by atoms with Crippen molar-refractivity contribution in [2.24, 2.45) is 0 Å². The van der Waals surface area contributed by atoms with Gasteiger partial charge in [-0.25, -0.2) is 0 Å². The molecule has 5 nitrogen and oxygen atoms in total. The molecule has 1 N–H and O–H groups in total. The molecule has 0 aromatic rings. The molecule has 0 aromatic heterocycles. The number of hydrogen-bond donors (Lipinski definition) is 1. The summed E-state index contributed by atoms with van der Waals surface area (Å²) in [6.45, 7) is 2.20. The van der Waals surface area contributed by atoms with Gasteiger partial charge < -0.3 is 4.18 Å². The molecular weight excluding hydrogens is 268 g/mol. The van der Waals surface area contributed by atoms with Crippen LogP contribution in [0.1, 0.15) is 77.6 Å².